The van der Waals surface area contributed by atoms with Crippen LogP contribution >= 0.6 is 0 Å². The average Bonchev–Trinajstić information content (AvgIpc) is 2.36. The van der Waals surface area contributed by atoms with Crippen molar-refractivity contribution in [3.05, 3.63) is 23.9 Å². The molecule has 1 aromatic rings. The molecule has 0 saturated carbocycles. The van der Waals surface area contributed by atoms with Crippen molar-refractivity contribution in [1.82, 2.24) is 10.3 Å². The molecule has 1 rings (SSSR count). The lowest BCUT2D eigenvalue weighted by molar-refractivity contribution is -0.122. The Morgan fingerprint density at radius 2 is 2.28 bits per heavy atom. The molecule has 0 aliphatic rings. The monoisotopic (exact) mass is 252 g/mol. The fourth-order valence-electron chi connectivity index (χ4n) is 1.35. The second-order valence-corrected chi connectivity index (χ2v) is 4.15. The first-order valence-electron chi connectivity index (χ1n) is 5.99. The van der Waals surface area contributed by atoms with Crippen LogP contribution in [-0.4, -0.2) is 30.7 Å². The molecule has 0 atom stereocenters. The average molecular weight is 252 g/mol. The van der Waals surface area contributed by atoms with E-state index in [9.17, 15) is 4.79 Å². The lowest BCUT2D eigenvalue weighted by Gasteiger charge is -2.08. The van der Waals surface area contributed by atoms with Crippen LogP contribution in [0.4, 0.5) is 0 Å². The van der Waals surface area contributed by atoms with Gasteiger partial charge in [0.15, 0.2) is 0 Å². The Bertz CT molecular complexity index is 380. The molecule has 0 aromatic carbocycles. The lowest BCUT2D eigenvalue weighted by Crippen LogP contribution is -2.24. The maximum Gasteiger partial charge on any atom is 0.222 e. The van der Waals surface area contributed by atoms with Gasteiger partial charge in [-0.15, -0.1) is 0 Å². The van der Waals surface area contributed by atoms with Crippen LogP contribution in [0.5, 0.6) is 5.88 Å². The largest absolute Gasteiger partial charge is 0.481 e. The van der Waals surface area contributed by atoms with Crippen LogP contribution in [0.3, 0.4) is 0 Å². The topological polar surface area (TPSA) is 60.5 Å². The van der Waals surface area contributed by atoms with Gasteiger partial charge < -0.3 is 14.8 Å². The van der Waals surface area contributed by atoms with Crippen LogP contribution in [0.15, 0.2) is 18.3 Å². The van der Waals surface area contributed by atoms with Gasteiger partial charge in [-0.3, -0.25) is 4.79 Å². The van der Waals surface area contributed by atoms with Crippen molar-refractivity contribution in [2.75, 3.05) is 13.7 Å². The van der Waals surface area contributed by atoms with E-state index in [2.05, 4.69) is 10.3 Å². The summed E-state index contributed by atoms with van der Waals surface area (Å²) >= 11 is 0. The van der Waals surface area contributed by atoms with Crippen LogP contribution in [0.2, 0.25) is 0 Å². The number of nitrogens with one attached hydrogen (secondary N) is 1. The Balaban J connectivity index is 2.29. The summed E-state index contributed by atoms with van der Waals surface area (Å²) < 4.78 is 10.3. The molecule has 0 fully saturated rings. The van der Waals surface area contributed by atoms with E-state index in [1.54, 1.807) is 19.4 Å². The summed E-state index contributed by atoms with van der Waals surface area (Å²) in [7, 11) is 1.56. The number of pyridine rings is 1. The third-order valence-corrected chi connectivity index (χ3v) is 2.28. The van der Waals surface area contributed by atoms with Crippen LogP contribution in [0.1, 0.15) is 25.8 Å². The highest BCUT2D eigenvalue weighted by Crippen LogP contribution is 2.07. The van der Waals surface area contributed by atoms with Gasteiger partial charge >= 0.3 is 0 Å². The van der Waals surface area contributed by atoms with Gasteiger partial charge in [0.2, 0.25) is 11.8 Å². The second-order valence-electron chi connectivity index (χ2n) is 4.15. The minimum Gasteiger partial charge on any atom is -0.481 e. The van der Waals surface area contributed by atoms with Gasteiger partial charge in [-0.25, -0.2) is 4.98 Å². The Morgan fingerprint density at radius 1 is 1.50 bits per heavy atom. The zero-order valence-corrected chi connectivity index (χ0v) is 11.1. The SMILES string of the molecule is COc1cc(CNC(=O)CCOC(C)C)ccn1. The number of amides is 1. The highest BCUT2D eigenvalue weighted by molar-refractivity contribution is 5.75. The minimum absolute atomic E-state index is 0.0218. The number of aromatic nitrogens is 1. The molecular formula is C13H20N2O3. The molecule has 18 heavy (non-hydrogen) atoms. The van der Waals surface area contributed by atoms with E-state index < -0.39 is 0 Å². The van der Waals surface area contributed by atoms with Gasteiger partial charge in [0.25, 0.3) is 0 Å². The van der Waals surface area contributed by atoms with Crippen molar-refractivity contribution in [3.8, 4) is 5.88 Å². The molecule has 0 radical (unpaired) electrons. The van der Waals surface area contributed by atoms with Crippen LogP contribution < -0.4 is 10.1 Å². The predicted molar refractivity (Wildman–Crippen MR) is 68.3 cm³/mol. The van der Waals surface area contributed by atoms with E-state index in [1.807, 2.05) is 19.9 Å². The molecule has 5 heteroatoms. The van der Waals surface area contributed by atoms with Crippen molar-refractivity contribution in [3.63, 3.8) is 0 Å². The van der Waals surface area contributed by atoms with Crippen molar-refractivity contribution in [2.45, 2.75) is 32.9 Å². The second kappa shape index (κ2) is 7.66. The quantitative estimate of drug-likeness (QED) is 0.799. The molecule has 0 saturated heterocycles. The molecule has 0 bridgehead atoms. The van der Waals surface area contributed by atoms with Gasteiger partial charge in [-0.05, 0) is 25.5 Å². The number of carbonyl (C=O) groups excluding carboxylic acids is 1. The number of rotatable bonds is 7. The molecule has 0 aliphatic heterocycles. The third-order valence-electron chi connectivity index (χ3n) is 2.28. The van der Waals surface area contributed by atoms with Crippen LogP contribution in [-0.2, 0) is 16.1 Å². The summed E-state index contributed by atoms with van der Waals surface area (Å²) in [5.74, 6) is 0.524. The lowest BCUT2D eigenvalue weighted by atomic mass is 10.2. The smallest absolute Gasteiger partial charge is 0.222 e. The highest BCUT2D eigenvalue weighted by Gasteiger charge is 2.03. The maximum atomic E-state index is 11.5. The van der Waals surface area contributed by atoms with Crippen molar-refractivity contribution < 1.29 is 14.3 Å². The van der Waals surface area contributed by atoms with E-state index in [0.29, 0.717) is 25.5 Å². The first-order valence-corrected chi connectivity index (χ1v) is 5.99. The summed E-state index contributed by atoms with van der Waals surface area (Å²) in [6.45, 7) is 4.81. The normalized spacial score (nSPS) is 10.4. The highest BCUT2D eigenvalue weighted by atomic mass is 16.5. The van der Waals surface area contributed by atoms with Crippen LogP contribution in [0.25, 0.3) is 0 Å². The number of ether oxygens (including phenoxy) is 2. The molecule has 0 spiro atoms. The van der Waals surface area contributed by atoms with E-state index in [-0.39, 0.29) is 12.0 Å². The van der Waals surface area contributed by atoms with Crippen LogP contribution in [0, 0.1) is 0 Å². The fourth-order valence-corrected chi connectivity index (χ4v) is 1.35. The number of hydrogen-bond donors (Lipinski definition) is 1. The molecule has 1 aromatic heterocycles. The van der Waals surface area contributed by atoms with Gasteiger partial charge in [0.05, 0.1) is 19.8 Å². The predicted octanol–water partition coefficient (Wildman–Crippen LogP) is 1.52. The number of methoxy groups -OCH3 is 1. The number of nitrogens with zero attached hydrogens (tertiary/aromatic N) is 1. The summed E-state index contributed by atoms with van der Waals surface area (Å²) in [5.41, 5.74) is 0.958. The van der Waals surface area contributed by atoms with Gasteiger partial charge in [0, 0.05) is 25.2 Å². The summed E-state index contributed by atoms with van der Waals surface area (Å²) in [6, 6.07) is 3.64. The Labute approximate surface area is 108 Å². The Kier molecular flexibility index (Phi) is 6.14. The van der Waals surface area contributed by atoms with Gasteiger partial charge in [-0.1, -0.05) is 0 Å². The van der Waals surface area contributed by atoms with E-state index in [0.717, 1.165) is 5.56 Å². The van der Waals surface area contributed by atoms with E-state index in [4.69, 9.17) is 9.47 Å². The summed E-state index contributed by atoms with van der Waals surface area (Å²) in [6.07, 6.45) is 2.19. The molecule has 1 amide bonds. The van der Waals surface area contributed by atoms with Crippen molar-refractivity contribution in [1.29, 1.82) is 0 Å². The number of carbonyl (C=O) groups is 1. The first-order chi connectivity index (χ1) is 8.61. The number of hydrogen-bond acceptors (Lipinski definition) is 4. The molecule has 1 heterocycles. The minimum atomic E-state index is -0.0218. The molecule has 1 N–H and O–H groups in total. The third kappa shape index (κ3) is 5.63. The Hall–Kier alpha value is -1.62. The van der Waals surface area contributed by atoms with E-state index in [1.165, 1.54) is 0 Å². The summed E-state index contributed by atoms with van der Waals surface area (Å²) in [4.78, 5) is 15.5. The maximum absolute atomic E-state index is 11.5. The van der Waals surface area contributed by atoms with Gasteiger partial charge in [-0.2, -0.15) is 0 Å². The first kappa shape index (κ1) is 14.4. The zero-order chi connectivity index (χ0) is 13.4. The van der Waals surface area contributed by atoms with Crippen molar-refractivity contribution >= 4 is 5.91 Å². The molecular weight excluding hydrogens is 232 g/mol. The van der Waals surface area contributed by atoms with Crippen molar-refractivity contribution in [2.24, 2.45) is 0 Å². The fraction of sp³-hybridized carbons (Fsp3) is 0.538. The standard InChI is InChI=1S/C13H20N2O3/c1-10(2)18-7-5-12(16)15-9-11-4-6-14-13(8-11)17-3/h4,6,8,10H,5,7,9H2,1-3H3,(H,15,16). The molecule has 100 valence electrons. The zero-order valence-electron chi connectivity index (χ0n) is 11.1. The molecule has 0 unspecified atom stereocenters. The van der Waals surface area contributed by atoms with Gasteiger partial charge in [0.1, 0.15) is 0 Å². The summed E-state index contributed by atoms with van der Waals surface area (Å²) in [5, 5.41) is 2.82. The van der Waals surface area contributed by atoms with E-state index >= 15 is 0 Å². The Morgan fingerprint density at radius 3 is 2.94 bits per heavy atom. The molecule has 0 aliphatic carbocycles. The molecule has 5 nitrogen and oxygen atoms in total.